The molecular formula is C39H58N4O3Si2. The van der Waals surface area contributed by atoms with Gasteiger partial charge in [0, 0.05) is 54.4 Å². The Morgan fingerprint density at radius 3 is 2.29 bits per heavy atom. The van der Waals surface area contributed by atoms with E-state index < -0.39 is 16.1 Å². The summed E-state index contributed by atoms with van der Waals surface area (Å²) in [6, 6.07) is 23.6. The molecule has 5 rings (SSSR count). The van der Waals surface area contributed by atoms with Crippen molar-refractivity contribution in [3.63, 3.8) is 0 Å². The van der Waals surface area contributed by atoms with E-state index in [0.29, 0.717) is 25.8 Å². The Morgan fingerprint density at radius 1 is 0.896 bits per heavy atom. The Kier molecular flexibility index (Phi) is 12.3. The second-order valence-corrected chi connectivity index (χ2v) is 27.3. The molecule has 0 amide bonds. The molecule has 2 heterocycles. The molecule has 48 heavy (non-hydrogen) atoms. The van der Waals surface area contributed by atoms with Gasteiger partial charge < -0.3 is 14.4 Å². The minimum atomic E-state index is -1.22. The first kappa shape index (κ1) is 36.5. The van der Waals surface area contributed by atoms with Crippen LogP contribution < -0.4 is 4.90 Å². The minimum Gasteiger partial charge on any atom is -0.361 e. The van der Waals surface area contributed by atoms with Crippen molar-refractivity contribution in [3.05, 3.63) is 71.8 Å². The van der Waals surface area contributed by atoms with Crippen LogP contribution in [0.5, 0.6) is 0 Å². The van der Waals surface area contributed by atoms with E-state index in [-0.39, 0.29) is 5.78 Å². The van der Waals surface area contributed by atoms with Gasteiger partial charge in [0.15, 0.2) is 5.78 Å². The van der Waals surface area contributed by atoms with E-state index in [4.69, 9.17) is 14.5 Å². The maximum atomic E-state index is 12.6. The molecule has 1 fully saturated rings. The molecule has 0 spiro atoms. The summed E-state index contributed by atoms with van der Waals surface area (Å²) in [7, 11) is -2.44. The summed E-state index contributed by atoms with van der Waals surface area (Å²) >= 11 is 0. The number of likely N-dealkylation sites (tertiary alicyclic amines) is 1. The number of carbonyl (C=O) groups excluding carboxylic acids is 1. The SMILES string of the molecule is CCC(=O)c1ccc2c(c1)nc(N(COCC[Si](C)(C)C)CC1CCN(Cc3cccc4ccccc34)CC1)n2COCC[Si](C)(C)C. The van der Waals surface area contributed by atoms with Crippen LogP contribution >= 0.6 is 0 Å². The number of anilines is 1. The summed E-state index contributed by atoms with van der Waals surface area (Å²) in [6.45, 7) is 22.7. The highest BCUT2D eigenvalue weighted by atomic mass is 28.3. The van der Waals surface area contributed by atoms with Crippen LogP contribution in [0.3, 0.4) is 0 Å². The number of benzene rings is 3. The standard InChI is InChI=1S/C39H58N4O3Si2/c1-8-38(44)33-16-17-37-36(26-33)40-39(43(37)30-46-23-25-48(5,6)7)42(29-45-22-24-47(2,3)4)27-31-18-20-41(21-19-31)28-34-14-11-13-32-12-9-10-15-35(32)34/h9-17,26,31H,8,18-25,27-30H2,1-7H3. The van der Waals surface area contributed by atoms with E-state index in [1.165, 1.54) is 16.3 Å². The fraction of sp³-hybridized carbons (Fsp3) is 0.538. The Labute approximate surface area is 290 Å². The van der Waals surface area contributed by atoms with Gasteiger partial charge in [-0.25, -0.2) is 4.98 Å². The third kappa shape index (κ3) is 10.1. The Bertz CT molecular complexity index is 1650. The largest absolute Gasteiger partial charge is 0.361 e. The topological polar surface area (TPSA) is 59.8 Å². The van der Waals surface area contributed by atoms with Crippen molar-refractivity contribution in [1.82, 2.24) is 14.5 Å². The van der Waals surface area contributed by atoms with Gasteiger partial charge in [-0.05, 0) is 78.5 Å². The van der Waals surface area contributed by atoms with Gasteiger partial charge >= 0.3 is 0 Å². The smallest absolute Gasteiger partial charge is 0.210 e. The van der Waals surface area contributed by atoms with Crippen LogP contribution in [0.1, 0.15) is 42.1 Å². The number of rotatable bonds is 17. The van der Waals surface area contributed by atoms with Crippen molar-refractivity contribution in [2.75, 3.05) is 44.5 Å². The number of ether oxygens (including phenoxy) is 2. The molecule has 4 aromatic rings. The third-order valence-corrected chi connectivity index (χ3v) is 13.0. The van der Waals surface area contributed by atoms with Gasteiger partial charge in [-0.2, -0.15) is 0 Å². The number of ketones is 1. The number of nitrogens with zero attached hydrogens (tertiary/aromatic N) is 4. The van der Waals surface area contributed by atoms with Gasteiger partial charge in [0.2, 0.25) is 5.95 Å². The molecule has 7 nitrogen and oxygen atoms in total. The lowest BCUT2D eigenvalue weighted by Gasteiger charge is -2.35. The highest BCUT2D eigenvalue weighted by Gasteiger charge is 2.26. The predicted molar refractivity (Wildman–Crippen MR) is 207 cm³/mol. The zero-order valence-corrected chi connectivity index (χ0v) is 32.6. The van der Waals surface area contributed by atoms with Gasteiger partial charge in [-0.1, -0.05) is 88.7 Å². The van der Waals surface area contributed by atoms with E-state index in [2.05, 4.69) is 96.1 Å². The first-order valence-electron chi connectivity index (χ1n) is 18.0. The Balaban J connectivity index is 1.35. The van der Waals surface area contributed by atoms with Gasteiger partial charge in [0.25, 0.3) is 0 Å². The molecular weight excluding hydrogens is 629 g/mol. The van der Waals surface area contributed by atoms with Gasteiger partial charge in [-0.15, -0.1) is 0 Å². The maximum absolute atomic E-state index is 12.6. The molecule has 3 aromatic carbocycles. The molecule has 0 N–H and O–H groups in total. The average molecular weight is 687 g/mol. The molecule has 0 aliphatic carbocycles. The quantitative estimate of drug-likeness (QED) is 0.0478. The van der Waals surface area contributed by atoms with Crippen molar-refractivity contribution in [1.29, 1.82) is 0 Å². The minimum absolute atomic E-state index is 0.140. The first-order valence-corrected chi connectivity index (χ1v) is 25.4. The number of carbonyl (C=O) groups is 1. The van der Waals surface area contributed by atoms with Crippen LogP contribution in [0.15, 0.2) is 60.7 Å². The number of Topliss-reactive ketones (excluding diaryl/α,β-unsaturated/α-hetero) is 1. The van der Waals surface area contributed by atoms with Crippen LogP contribution in [0.25, 0.3) is 21.8 Å². The Hall–Kier alpha value is -2.83. The maximum Gasteiger partial charge on any atom is 0.210 e. The van der Waals surface area contributed by atoms with Crippen molar-refractivity contribution >= 4 is 49.7 Å². The van der Waals surface area contributed by atoms with Crippen LogP contribution in [0.4, 0.5) is 5.95 Å². The third-order valence-electron chi connectivity index (χ3n) is 9.57. The van der Waals surface area contributed by atoms with E-state index >= 15 is 0 Å². The second-order valence-electron chi connectivity index (χ2n) is 16.1. The molecule has 1 aliphatic rings. The number of piperidine rings is 1. The van der Waals surface area contributed by atoms with Crippen molar-refractivity contribution < 1.29 is 14.3 Å². The molecule has 0 radical (unpaired) electrons. The summed E-state index contributed by atoms with van der Waals surface area (Å²) in [5.74, 6) is 1.55. The lowest BCUT2D eigenvalue weighted by molar-refractivity contribution is 0.0882. The fourth-order valence-corrected chi connectivity index (χ4v) is 7.97. The second kappa shape index (κ2) is 16.3. The average Bonchev–Trinajstić information content (AvgIpc) is 3.41. The fourth-order valence-electron chi connectivity index (χ4n) is 6.45. The van der Waals surface area contributed by atoms with E-state index in [9.17, 15) is 4.79 Å². The van der Waals surface area contributed by atoms with Crippen molar-refractivity contribution in [3.8, 4) is 0 Å². The number of imidazole rings is 1. The van der Waals surface area contributed by atoms with E-state index in [0.717, 1.165) is 86.9 Å². The highest BCUT2D eigenvalue weighted by molar-refractivity contribution is 6.76. The molecule has 1 saturated heterocycles. The van der Waals surface area contributed by atoms with E-state index in [1.54, 1.807) is 0 Å². The molecule has 0 saturated carbocycles. The summed E-state index contributed by atoms with van der Waals surface area (Å²) in [6.07, 6.45) is 2.76. The highest BCUT2D eigenvalue weighted by Crippen LogP contribution is 2.29. The summed E-state index contributed by atoms with van der Waals surface area (Å²) in [5.41, 5.74) is 3.97. The van der Waals surface area contributed by atoms with Gasteiger partial charge in [0.1, 0.15) is 13.5 Å². The summed E-state index contributed by atoms with van der Waals surface area (Å²) < 4.78 is 15.0. The zero-order valence-electron chi connectivity index (χ0n) is 30.6. The molecule has 1 aliphatic heterocycles. The predicted octanol–water partition coefficient (Wildman–Crippen LogP) is 9.13. The summed E-state index contributed by atoms with van der Waals surface area (Å²) in [5, 5.41) is 2.67. The normalized spacial score (nSPS) is 15.1. The molecule has 0 atom stereocenters. The lowest BCUT2D eigenvalue weighted by Crippen LogP contribution is -2.40. The Morgan fingerprint density at radius 2 is 1.58 bits per heavy atom. The van der Waals surface area contributed by atoms with Crippen molar-refractivity contribution in [2.45, 2.75) is 90.8 Å². The molecule has 0 unspecified atom stereocenters. The van der Waals surface area contributed by atoms with Crippen molar-refractivity contribution in [2.24, 2.45) is 5.92 Å². The molecule has 9 heteroatoms. The summed E-state index contributed by atoms with van der Waals surface area (Å²) in [4.78, 5) is 22.8. The molecule has 1 aromatic heterocycles. The van der Waals surface area contributed by atoms with Crippen LogP contribution in [-0.2, 0) is 22.7 Å². The van der Waals surface area contributed by atoms with Gasteiger partial charge in [0.05, 0.1) is 11.0 Å². The number of fused-ring (bicyclic) bond motifs is 2. The molecule has 260 valence electrons. The monoisotopic (exact) mass is 686 g/mol. The van der Waals surface area contributed by atoms with E-state index in [1.807, 2.05) is 25.1 Å². The number of hydrogen-bond acceptors (Lipinski definition) is 6. The molecule has 0 bridgehead atoms. The number of hydrogen-bond donors (Lipinski definition) is 0. The zero-order chi connectivity index (χ0) is 34.3. The van der Waals surface area contributed by atoms with Crippen LogP contribution in [0.2, 0.25) is 51.4 Å². The van der Waals surface area contributed by atoms with Crippen LogP contribution in [0, 0.1) is 5.92 Å². The lowest BCUT2D eigenvalue weighted by atomic mass is 9.95. The number of aromatic nitrogens is 2. The van der Waals surface area contributed by atoms with Gasteiger partial charge in [-0.3, -0.25) is 14.3 Å². The first-order chi connectivity index (χ1) is 22.9. The van der Waals surface area contributed by atoms with Crippen LogP contribution in [-0.4, -0.2) is 76.0 Å².